The molecule has 276 valence electrons. The van der Waals surface area contributed by atoms with Gasteiger partial charge in [0, 0.05) is 13.0 Å². The molecule has 0 heterocycles. The lowest BCUT2D eigenvalue weighted by atomic mass is 10.1. The van der Waals surface area contributed by atoms with Crippen LogP contribution in [0.2, 0.25) is 0 Å². The molecule has 0 aromatic rings. The van der Waals surface area contributed by atoms with Crippen LogP contribution in [0.15, 0.2) is 72.9 Å². The number of rotatable bonds is 36. The fourth-order valence-corrected chi connectivity index (χ4v) is 5.29. The molecular weight excluding hydrogens is 592 g/mol. The van der Waals surface area contributed by atoms with E-state index in [2.05, 4.69) is 86.8 Å². The maximum Gasteiger partial charge on any atom is 0.306 e. The summed E-state index contributed by atoms with van der Waals surface area (Å²) in [4.78, 5) is 12.2. The smallest absolute Gasteiger partial charge is 0.306 e. The quantitative estimate of drug-likeness (QED) is 0.0410. The Kier molecular flexibility index (Phi) is 39.1. The van der Waals surface area contributed by atoms with Gasteiger partial charge in [0.1, 0.15) is 6.10 Å². The van der Waals surface area contributed by atoms with E-state index in [4.69, 9.17) is 9.47 Å². The molecule has 1 atom stereocenters. The number of hydrogen-bond acceptors (Lipinski definition) is 4. The molecule has 4 heteroatoms. The molecule has 0 aliphatic rings. The number of aliphatic hydroxyl groups is 1. The summed E-state index contributed by atoms with van der Waals surface area (Å²) in [5.74, 6) is -0.217. The summed E-state index contributed by atoms with van der Waals surface area (Å²) in [6, 6.07) is 0. The number of ether oxygens (including phenoxy) is 2. The van der Waals surface area contributed by atoms with Crippen LogP contribution < -0.4 is 0 Å². The third kappa shape index (κ3) is 38.3. The maximum absolute atomic E-state index is 12.2. The van der Waals surface area contributed by atoms with Crippen LogP contribution in [0.3, 0.4) is 0 Å². The van der Waals surface area contributed by atoms with Gasteiger partial charge in [0.2, 0.25) is 0 Å². The highest BCUT2D eigenvalue weighted by Crippen LogP contribution is 2.12. The number of esters is 1. The summed E-state index contributed by atoms with van der Waals surface area (Å²) in [6.07, 6.45) is 55.2. The van der Waals surface area contributed by atoms with E-state index < -0.39 is 6.10 Å². The molecule has 0 fully saturated rings. The molecular formula is C44H76O4. The number of aliphatic hydroxyl groups excluding tert-OH is 1. The van der Waals surface area contributed by atoms with Gasteiger partial charge in [0.25, 0.3) is 0 Å². The van der Waals surface area contributed by atoms with Gasteiger partial charge in [0.05, 0.1) is 13.2 Å². The van der Waals surface area contributed by atoms with Gasteiger partial charge >= 0.3 is 5.97 Å². The molecule has 0 bridgehead atoms. The molecule has 0 radical (unpaired) electrons. The van der Waals surface area contributed by atoms with Crippen molar-refractivity contribution in [2.75, 3.05) is 19.8 Å². The normalized spacial score (nSPS) is 13.1. The molecule has 0 saturated heterocycles. The summed E-state index contributed by atoms with van der Waals surface area (Å²) >= 11 is 0. The molecule has 48 heavy (non-hydrogen) atoms. The van der Waals surface area contributed by atoms with Crippen molar-refractivity contribution < 1.29 is 19.4 Å². The lowest BCUT2D eigenvalue weighted by Crippen LogP contribution is -2.27. The molecule has 0 aromatic heterocycles. The number of carbonyl (C=O) groups excluding carboxylic acids is 1. The zero-order valence-electron chi connectivity index (χ0n) is 31.5. The lowest BCUT2D eigenvalue weighted by Gasteiger charge is -2.15. The van der Waals surface area contributed by atoms with Crippen LogP contribution in [0.5, 0.6) is 0 Å². The Morgan fingerprint density at radius 3 is 1.44 bits per heavy atom. The van der Waals surface area contributed by atoms with Crippen molar-refractivity contribution in [2.24, 2.45) is 0 Å². The van der Waals surface area contributed by atoms with Crippen LogP contribution in [-0.4, -0.2) is 37.0 Å². The van der Waals surface area contributed by atoms with E-state index in [0.29, 0.717) is 13.0 Å². The minimum Gasteiger partial charge on any atom is -0.457 e. The molecule has 0 aliphatic heterocycles. The molecule has 0 aromatic carbocycles. The van der Waals surface area contributed by atoms with E-state index in [1.165, 1.54) is 89.9 Å². The van der Waals surface area contributed by atoms with Gasteiger partial charge in [-0.1, -0.05) is 157 Å². The number of hydrogen-bond donors (Lipinski definition) is 1. The zero-order valence-corrected chi connectivity index (χ0v) is 31.5. The number of carbonyl (C=O) groups is 1. The molecule has 1 N–H and O–H groups in total. The van der Waals surface area contributed by atoms with E-state index in [-0.39, 0.29) is 19.2 Å². The molecule has 0 spiro atoms. The first kappa shape index (κ1) is 45.8. The fourth-order valence-electron chi connectivity index (χ4n) is 5.29. The highest BCUT2D eigenvalue weighted by molar-refractivity contribution is 5.69. The first-order chi connectivity index (χ1) is 23.7. The maximum atomic E-state index is 12.2. The van der Waals surface area contributed by atoms with Gasteiger partial charge in [-0.2, -0.15) is 0 Å². The summed E-state index contributed by atoms with van der Waals surface area (Å²) in [5, 5.41) is 9.57. The number of unbranched alkanes of at least 4 members (excludes halogenated alkanes) is 16. The van der Waals surface area contributed by atoms with Crippen molar-refractivity contribution in [1.82, 2.24) is 0 Å². The molecule has 0 aliphatic carbocycles. The first-order valence-corrected chi connectivity index (χ1v) is 20.0. The van der Waals surface area contributed by atoms with E-state index in [1.54, 1.807) is 0 Å². The molecule has 0 saturated carbocycles. The Balaban J connectivity index is 3.51. The fraction of sp³-hybridized carbons (Fsp3) is 0.705. The zero-order chi connectivity index (χ0) is 34.9. The summed E-state index contributed by atoms with van der Waals surface area (Å²) < 4.78 is 11.1. The highest BCUT2D eigenvalue weighted by Gasteiger charge is 2.13. The van der Waals surface area contributed by atoms with Gasteiger partial charge in [-0.15, -0.1) is 0 Å². The van der Waals surface area contributed by atoms with E-state index in [1.807, 2.05) is 0 Å². The number of allylic oxidation sites excluding steroid dienone is 12. The van der Waals surface area contributed by atoms with Crippen molar-refractivity contribution >= 4 is 5.97 Å². The second kappa shape index (κ2) is 41.0. The Bertz CT molecular complexity index is 835. The van der Waals surface area contributed by atoms with Gasteiger partial charge < -0.3 is 14.6 Å². The average Bonchev–Trinajstić information content (AvgIpc) is 3.09. The molecule has 4 nitrogen and oxygen atoms in total. The van der Waals surface area contributed by atoms with Crippen molar-refractivity contribution in [3.63, 3.8) is 0 Å². The van der Waals surface area contributed by atoms with Crippen molar-refractivity contribution in [2.45, 2.75) is 180 Å². The minimum atomic E-state index is -0.546. The van der Waals surface area contributed by atoms with E-state index in [0.717, 1.165) is 64.2 Å². The minimum absolute atomic E-state index is 0.182. The van der Waals surface area contributed by atoms with Gasteiger partial charge in [-0.3, -0.25) is 4.79 Å². The van der Waals surface area contributed by atoms with E-state index in [9.17, 15) is 9.90 Å². The first-order valence-electron chi connectivity index (χ1n) is 20.0. The Morgan fingerprint density at radius 1 is 0.521 bits per heavy atom. The van der Waals surface area contributed by atoms with Crippen LogP contribution >= 0.6 is 0 Å². The van der Waals surface area contributed by atoms with E-state index >= 15 is 0 Å². The van der Waals surface area contributed by atoms with Gasteiger partial charge in [0.15, 0.2) is 0 Å². The summed E-state index contributed by atoms with van der Waals surface area (Å²) in [5.41, 5.74) is 0. The summed E-state index contributed by atoms with van der Waals surface area (Å²) in [7, 11) is 0. The van der Waals surface area contributed by atoms with Crippen LogP contribution in [-0.2, 0) is 14.3 Å². The van der Waals surface area contributed by atoms with Crippen LogP contribution in [0.4, 0.5) is 0 Å². The standard InChI is InChI=1S/C44H76O4/c1-3-5-7-9-11-13-15-17-18-19-20-21-22-23-24-25-26-27-29-31-33-35-37-39-44(46)48-43(41-45)42-47-40-38-36-34-32-30-28-16-14-12-10-8-6-4-2/h5,7,11-14,17-18,20-21,23-24,43,45H,3-4,6,8-10,15-16,19,22,25-42H2,1-2H3/b7-5-,13-11-,14-12-,18-17-,21-20-,24-23-. The average molecular weight is 669 g/mol. The van der Waals surface area contributed by atoms with Crippen LogP contribution in [0.1, 0.15) is 174 Å². The monoisotopic (exact) mass is 669 g/mol. The lowest BCUT2D eigenvalue weighted by molar-refractivity contribution is -0.154. The Labute approximate surface area is 297 Å². The molecule has 0 rings (SSSR count). The Morgan fingerprint density at radius 2 is 0.938 bits per heavy atom. The largest absolute Gasteiger partial charge is 0.457 e. The van der Waals surface area contributed by atoms with Gasteiger partial charge in [-0.25, -0.2) is 0 Å². The third-order valence-corrected chi connectivity index (χ3v) is 8.27. The Hall–Kier alpha value is -2.17. The second-order valence-corrected chi connectivity index (χ2v) is 13.0. The SMILES string of the molecule is CC/C=C\C/C=C\C/C=C\C/C=C\C/C=C\CCCCCCCCCC(=O)OC(CO)COCCCCCCCC/C=C\CCCCC. The predicted molar refractivity (Wildman–Crippen MR) is 209 cm³/mol. The van der Waals surface area contributed by atoms with Crippen molar-refractivity contribution in [3.8, 4) is 0 Å². The highest BCUT2D eigenvalue weighted by atomic mass is 16.6. The second-order valence-electron chi connectivity index (χ2n) is 13.0. The topological polar surface area (TPSA) is 55.8 Å². The van der Waals surface area contributed by atoms with Crippen LogP contribution in [0.25, 0.3) is 0 Å². The summed E-state index contributed by atoms with van der Waals surface area (Å²) in [6.45, 7) is 5.18. The third-order valence-electron chi connectivity index (χ3n) is 8.27. The van der Waals surface area contributed by atoms with Crippen LogP contribution in [0, 0.1) is 0 Å². The molecule has 0 amide bonds. The van der Waals surface area contributed by atoms with Crippen molar-refractivity contribution in [1.29, 1.82) is 0 Å². The molecule has 1 unspecified atom stereocenters. The van der Waals surface area contributed by atoms with Gasteiger partial charge in [-0.05, 0) is 83.5 Å². The van der Waals surface area contributed by atoms with Crippen molar-refractivity contribution in [3.05, 3.63) is 72.9 Å². The predicted octanol–water partition coefficient (Wildman–Crippen LogP) is 13.0.